The zero-order valence-corrected chi connectivity index (χ0v) is 13.2. The lowest BCUT2D eigenvalue weighted by atomic mass is 10.1. The number of nitrogens with zero attached hydrogens (tertiary/aromatic N) is 1. The van der Waals surface area contributed by atoms with E-state index in [-0.39, 0.29) is 29.0 Å². The van der Waals surface area contributed by atoms with Gasteiger partial charge in [0.1, 0.15) is 5.75 Å². The van der Waals surface area contributed by atoms with Crippen molar-refractivity contribution in [2.75, 3.05) is 6.61 Å². The first-order valence-electron chi connectivity index (χ1n) is 6.85. The van der Waals surface area contributed by atoms with Crippen LogP contribution in [0, 0.1) is 17.0 Å². The lowest BCUT2D eigenvalue weighted by molar-refractivity contribution is -0.384. The van der Waals surface area contributed by atoms with E-state index in [0.29, 0.717) is 6.54 Å². The second-order valence-electron chi connectivity index (χ2n) is 4.86. The van der Waals surface area contributed by atoms with Gasteiger partial charge in [-0.1, -0.05) is 35.9 Å². The van der Waals surface area contributed by atoms with E-state index in [2.05, 4.69) is 5.32 Å². The van der Waals surface area contributed by atoms with Gasteiger partial charge >= 0.3 is 0 Å². The number of nitro benzene ring substituents is 1. The molecule has 23 heavy (non-hydrogen) atoms. The molecule has 0 saturated heterocycles. The number of hydrogen-bond donors (Lipinski definition) is 1. The van der Waals surface area contributed by atoms with E-state index in [1.165, 1.54) is 18.2 Å². The summed E-state index contributed by atoms with van der Waals surface area (Å²) >= 11 is 5.89. The topological polar surface area (TPSA) is 81.5 Å². The van der Waals surface area contributed by atoms with E-state index >= 15 is 0 Å². The van der Waals surface area contributed by atoms with Crippen LogP contribution in [0.1, 0.15) is 11.1 Å². The number of halogens is 1. The molecule has 6 nitrogen and oxygen atoms in total. The third-order valence-corrected chi connectivity index (χ3v) is 3.52. The van der Waals surface area contributed by atoms with Crippen molar-refractivity contribution >= 4 is 23.2 Å². The van der Waals surface area contributed by atoms with Gasteiger partial charge < -0.3 is 10.1 Å². The molecule has 2 aromatic rings. The number of amides is 1. The molecule has 1 amide bonds. The van der Waals surface area contributed by atoms with Crippen molar-refractivity contribution in [3.8, 4) is 5.75 Å². The minimum atomic E-state index is -0.551. The van der Waals surface area contributed by atoms with Gasteiger partial charge in [-0.2, -0.15) is 0 Å². The summed E-state index contributed by atoms with van der Waals surface area (Å²) in [6, 6.07) is 11.6. The second-order valence-corrected chi connectivity index (χ2v) is 5.27. The number of nitrogens with one attached hydrogen (secondary N) is 1. The molecule has 0 aliphatic rings. The van der Waals surface area contributed by atoms with E-state index in [1.54, 1.807) is 0 Å². The first kappa shape index (κ1) is 16.8. The normalized spacial score (nSPS) is 10.2. The summed E-state index contributed by atoms with van der Waals surface area (Å²) in [7, 11) is 0. The lowest BCUT2D eigenvalue weighted by Gasteiger charge is -2.10. The zero-order valence-electron chi connectivity index (χ0n) is 12.4. The number of hydrogen-bond acceptors (Lipinski definition) is 4. The Bertz CT molecular complexity index is 734. The van der Waals surface area contributed by atoms with Gasteiger partial charge in [-0.25, -0.2) is 0 Å². The maximum atomic E-state index is 11.8. The minimum Gasteiger partial charge on any atom is -0.482 e. The van der Waals surface area contributed by atoms with E-state index in [9.17, 15) is 14.9 Å². The van der Waals surface area contributed by atoms with E-state index in [0.717, 1.165) is 11.1 Å². The van der Waals surface area contributed by atoms with Gasteiger partial charge in [-0.05, 0) is 24.1 Å². The number of carbonyl (C=O) groups is 1. The van der Waals surface area contributed by atoms with Crippen LogP contribution in [0.4, 0.5) is 5.69 Å². The molecule has 0 fully saturated rings. The molecule has 2 aromatic carbocycles. The molecular formula is C16H15ClN2O4. The van der Waals surface area contributed by atoms with Crippen LogP contribution in [0.5, 0.6) is 5.75 Å². The molecule has 0 saturated carbocycles. The van der Waals surface area contributed by atoms with Crippen LogP contribution in [0.15, 0.2) is 42.5 Å². The van der Waals surface area contributed by atoms with E-state index in [1.807, 2.05) is 31.2 Å². The molecule has 0 radical (unpaired) electrons. The fraction of sp³-hybridized carbons (Fsp3) is 0.188. The Labute approximate surface area is 138 Å². The third kappa shape index (κ3) is 4.69. The van der Waals surface area contributed by atoms with Crippen LogP contribution in [0.3, 0.4) is 0 Å². The van der Waals surface area contributed by atoms with E-state index in [4.69, 9.17) is 16.3 Å². The number of non-ortho nitro benzene ring substituents is 1. The van der Waals surface area contributed by atoms with Gasteiger partial charge in [-0.15, -0.1) is 0 Å². The fourth-order valence-corrected chi connectivity index (χ4v) is 2.15. The Balaban J connectivity index is 1.87. The Morgan fingerprint density at radius 3 is 2.70 bits per heavy atom. The Morgan fingerprint density at radius 1 is 1.30 bits per heavy atom. The van der Waals surface area contributed by atoms with Crippen LogP contribution < -0.4 is 10.1 Å². The molecule has 120 valence electrons. The number of nitro groups is 1. The second kappa shape index (κ2) is 7.60. The van der Waals surface area contributed by atoms with Crippen LogP contribution in [-0.2, 0) is 11.3 Å². The molecule has 0 unspecified atom stereocenters. The maximum Gasteiger partial charge on any atom is 0.271 e. The van der Waals surface area contributed by atoms with Gasteiger partial charge in [0.2, 0.25) is 0 Å². The van der Waals surface area contributed by atoms with E-state index < -0.39 is 4.92 Å². The molecule has 0 atom stereocenters. The molecule has 1 N–H and O–H groups in total. The highest BCUT2D eigenvalue weighted by Crippen LogP contribution is 2.28. The van der Waals surface area contributed by atoms with Crippen molar-refractivity contribution in [3.05, 3.63) is 68.7 Å². The average Bonchev–Trinajstić information content (AvgIpc) is 2.52. The summed E-state index contributed by atoms with van der Waals surface area (Å²) in [6.07, 6.45) is 0. The van der Waals surface area contributed by atoms with Crippen molar-refractivity contribution < 1.29 is 14.5 Å². The summed E-state index contributed by atoms with van der Waals surface area (Å²) in [6.45, 7) is 2.15. The van der Waals surface area contributed by atoms with Gasteiger partial charge in [0.05, 0.1) is 9.95 Å². The first-order chi connectivity index (χ1) is 11.0. The largest absolute Gasteiger partial charge is 0.482 e. The van der Waals surface area contributed by atoms with Crippen molar-refractivity contribution in [3.63, 3.8) is 0 Å². The first-order valence-corrected chi connectivity index (χ1v) is 7.23. The summed E-state index contributed by atoms with van der Waals surface area (Å²) in [4.78, 5) is 21.9. The van der Waals surface area contributed by atoms with Gasteiger partial charge in [-0.3, -0.25) is 14.9 Å². The number of carbonyl (C=O) groups excluding carboxylic acids is 1. The highest BCUT2D eigenvalue weighted by Gasteiger charge is 2.11. The fourth-order valence-electron chi connectivity index (χ4n) is 1.92. The molecule has 2 rings (SSSR count). The molecule has 0 aliphatic heterocycles. The monoisotopic (exact) mass is 334 g/mol. The Kier molecular flexibility index (Phi) is 5.54. The number of aryl methyl sites for hydroxylation is 1. The Morgan fingerprint density at radius 2 is 2.04 bits per heavy atom. The van der Waals surface area contributed by atoms with Gasteiger partial charge in [0, 0.05) is 18.7 Å². The standard InChI is InChI=1S/C16H15ClN2O4/c1-11-4-2-3-5-12(11)9-18-16(20)10-23-15-7-6-13(19(21)22)8-14(15)17/h2-8H,9-10H2,1H3,(H,18,20). The highest BCUT2D eigenvalue weighted by atomic mass is 35.5. The predicted octanol–water partition coefficient (Wildman–Crippen LogP) is 3.25. The van der Waals surface area contributed by atoms with Crippen molar-refractivity contribution in [2.45, 2.75) is 13.5 Å². The summed E-state index contributed by atoms with van der Waals surface area (Å²) < 4.78 is 5.29. The SMILES string of the molecule is Cc1ccccc1CNC(=O)COc1ccc([N+](=O)[O-])cc1Cl. The van der Waals surface area contributed by atoms with Crippen LogP contribution in [-0.4, -0.2) is 17.4 Å². The summed E-state index contributed by atoms with van der Waals surface area (Å²) in [5.74, 6) is -0.0778. The molecule has 0 aliphatic carbocycles. The van der Waals surface area contributed by atoms with Crippen LogP contribution >= 0.6 is 11.6 Å². The van der Waals surface area contributed by atoms with Crippen molar-refractivity contribution in [1.82, 2.24) is 5.32 Å². The number of benzene rings is 2. The maximum absolute atomic E-state index is 11.8. The number of rotatable bonds is 6. The Hall–Kier alpha value is -2.60. The quantitative estimate of drug-likeness (QED) is 0.649. The number of ether oxygens (including phenoxy) is 1. The smallest absolute Gasteiger partial charge is 0.271 e. The minimum absolute atomic E-state index is 0.0888. The summed E-state index contributed by atoms with van der Waals surface area (Å²) in [5, 5.41) is 13.5. The zero-order chi connectivity index (χ0) is 16.8. The van der Waals surface area contributed by atoms with Gasteiger partial charge in [0.15, 0.2) is 6.61 Å². The van der Waals surface area contributed by atoms with Crippen molar-refractivity contribution in [1.29, 1.82) is 0 Å². The van der Waals surface area contributed by atoms with Gasteiger partial charge in [0.25, 0.3) is 11.6 Å². The van der Waals surface area contributed by atoms with Crippen LogP contribution in [0.2, 0.25) is 5.02 Å². The highest BCUT2D eigenvalue weighted by molar-refractivity contribution is 6.32. The summed E-state index contributed by atoms with van der Waals surface area (Å²) in [5.41, 5.74) is 1.98. The molecule has 0 aromatic heterocycles. The molecule has 0 spiro atoms. The lowest BCUT2D eigenvalue weighted by Crippen LogP contribution is -2.28. The third-order valence-electron chi connectivity index (χ3n) is 3.22. The molecule has 0 bridgehead atoms. The molecular weight excluding hydrogens is 320 g/mol. The van der Waals surface area contributed by atoms with Crippen molar-refractivity contribution in [2.24, 2.45) is 0 Å². The van der Waals surface area contributed by atoms with Crippen LogP contribution in [0.25, 0.3) is 0 Å². The molecule has 7 heteroatoms. The predicted molar refractivity (Wildman–Crippen MR) is 86.6 cm³/mol. The molecule has 0 heterocycles. The average molecular weight is 335 g/mol.